The van der Waals surface area contributed by atoms with Crippen molar-refractivity contribution in [3.05, 3.63) is 0 Å². The van der Waals surface area contributed by atoms with Crippen LogP contribution in [0.5, 0.6) is 0 Å². The Morgan fingerprint density at radius 2 is 1.87 bits per heavy atom. The quantitative estimate of drug-likeness (QED) is 0.511. The third kappa shape index (κ3) is 4.86. The first kappa shape index (κ1) is 13.5. The van der Waals surface area contributed by atoms with Gasteiger partial charge in [-0.2, -0.15) is 0 Å². The largest absolute Gasteiger partial charge is 0.374 e. The Morgan fingerprint density at radius 3 is 2.40 bits per heavy atom. The molecule has 15 heavy (non-hydrogen) atoms. The van der Waals surface area contributed by atoms with Gasteiger partial charge in [0.1, 0.15) is 0 Å². The fourth-order valence-corrected chi connectivity index (χ4v) is 3.02. The summed E-state index contributed by atoms with van der Waals surface area (Å²) in [6.07, 6.45) is 9.08. The van der Waals surface area contributed by atoms with Crippen molar-refractivity contribution in [3.63, 3.8) is 0 Å². The standard InChI is InChI=1S/C13H25BrO/c1-12(2)7-6-10-15-13(11-14)8-4-3-5-9-13/h12H,3-11H2,1-2H3. The molecule has 1 aliphatic rings. The molecule has 1 rings (SSSR count). The van der Waals surface area contributed by atoms with Crippen LogP contribution in [-0.2, 0) is 4.74 Å². The zero-order valence-corrected chi connectivity index (χ0v) is 11.8. The summed E-state index contributed by atoms with van der Waals surface area (Å²) in [6, 6.07) is 0. The van der Waals surface area contributed by atoms with Gasteiger partial charge in [-0.05, 0) is 31.6 Å². The average molecular weight is 277 g/mol. The molecule has 1 saturated carbocycles. The van der Waals surface area contributed by atoms with Crippen LogP contribution in [0.15, 0.2) is 0 Å². The van der Waals surface area contributed by atoms with Gasteiger partial charge in [0.15, 0.2) is 0 Å². The van der Waals surface area contributed by atoms with E-state index >= 15 is 0 Å². The highest BCUT2D eigenvalue weighted by Crippen LogP contribution is 2.33. The summed E-state index contributed by atoms with van der Waals surface area (Å²) in [4.78, 5) is 0. The Hall–Kier alpha value is 0.440. The second kappa shape index (κ2) is 6.90. The molecule has 0 amide bonds. The first-order valence-corrected chi connectivity index (χ1v) is 7.51. The lowest BCUT2D eigenvalue weighted by Crippen LogP contribution is -2.37. The monoisotopic (exact) mass is 276 g/mol. The molecule has 0 spiro atoms. The topological polar surface area (TPSA) is 9.23 Å². The van der Waals surface area contributed by atoms with Crippen molar-refractivity contribution in [1.82, 2.24) is 0 Å². The minimum atomic E-state index is 0.176. The van der Waals surface area contributed by atoms with Crippen molar-refractivity contribution in [2.75, 3.05) is 11.9 Å². The van der Waals surface area contributed by atoms with Crippen molar-refractivity contribution in [2.45, 2.75) is 64.4 Å². The van der Waals surface area contributed by atoms with Crippen LogP contribution in [0.2, 0.25) is 0 Å². The highest BCUT2D eigenvalue weighted by molar-refractivity contribution is 9.09. The summed E-state index contributed by atoms with van der Waals surface area (Å²) >= 11 is 3.62. The molecule has 1 nitrogen and oxygen atoms in total. The number of ether oxygens (including phenoxy) is 1. The van der Waals surface area contributed by atoms with Crippen molar-refractivity contribution in [2.24, 2.45) is 5.92 Å². The minimum Gasteiger partial charge on any atom is -0.374 e. The average Bonchev–Trinajstić information content (AvgIpc) is 2.26. The summed E-state index contributed by atoms with van der Waals surface area (Å²) < 4.78 is 6.12. The Balaban J connectivity index is 2.20. The second-order valence-corrected chi connectivity index (χ2v) is 5.82. The van der Waals surface area contributed by atoms with Crippen LogP contribution < -0.4 is 0 Å². The summed E-state index contributed by atoms with van der Waals surface area (Å²) in [7, 11) is 0. The summed E-state index contributed by atoms with van der Waals surface area (Å²) in [5, 5.41) is 1.02. The molecule has 90 valence electrons. The molecule has 0 bridgehead atoms. The van der Waals surface area contributed by atoms with Gasteiger partial charge in [0.05, 0.1) is 5.60 Å². The summed E-state index contributed by atoms with van der Waals surface area (Å²) in [6.45, 7) is 5.51. The van der Waals surface area contributed by atoms with Crippen molar-refractivity contribution < 1.29 is 4.74 Å². The third-order valence-electron chi connectivity index (χ3n) is 3.34. The van der Waals surface area contributed by atoms with E-state index in [1.54, 1.807) is 0 Å². The molecule has 0 radical (unpaired) electrons. The van der Waals surface area contributed by atoms with Crippen LogP contribution >= 0.6 is 15.9 Å². The number of alkyl halides is 1. The van der Waals surface area contributed by atoms with Gasteiger partial charge in [0.25, 0.3) is 0 Å². The van der Waals surface area contributed by atoms with Gasteiger partial charge in [-0.25, -0.2) is 0 Å². The zero-order valence-electron chi connectivity index (χ0n) is 10.2. The lowest BCUT2D eigenvalue weighted by molar-refractivity contribution is -0.0533. The lowest BCUT2D eigenvalue weighted by atomic mass is 9.86. The van der Waals surface area contributed by atoms with Crippen LogP contribution in [0.1, 0.15) is 58.8 Å². The molecular formula is C13H25BrO. The van der Waals surface area contributed by atoms with E-state index in [0.717, 1.165) is 17.9 Å². The maximum atomic E-state index is 6.12. The zero-order chi connectivity index (χ0) is 11.1. The van der Waals surface area contributed by atoms with Crippen molar-refractivity contribution in [1.29, 1.82) is 0 Å². The van der Waals surface area contributed by atoms with E-state index in [2.05, 4.69) is 29.8 Å². The van der Waals surface area contributed by atoms with Gasteiger partial charge in [0, 0.05) is 11.9 Å². The van der Waals surface area contributed by atoms with E-state index in [-0.39, 0.29) is 5.60 Å². The molecule has 1 aliphatic carbocycles. The second-order valence-electron chi connectivity index (χ2n) is 5.26. The molecular weight excluding hydrogens is 252 g/mol. The van der Waals surface area contributed by atoms with Crippen molar-refractivity contribution >= 4 is 15.9 Å². The van der Waals surface area contributed by atoms with E-state index in [1.165, 1.54) is 44.9 Å². The first-order chi connectivity index (χ1) is 7.18. The Morgan fingerprint density at radius 1 is 1.20 bits per heavy atom. The number of rotatable bonds is 6. The molecule has 2 heteroatoms. The predicted octanol–water partition coefficient (Wildman–Crippen LogP) is 4.54. The minimum absolute atomic E-state index is 0.176. The first-order valence-electron chi connectivity index (χ1n) is 6.38. The summed E-state index contributed by atoms with van der Waals surface area (Å²) in [5.41, 5.74) is 0.176. The van der Waals surface area contributed by atoms with Gasteiger partial charge >= 0.3 is 0 Å². The van der Waals surface area contributed by atoms with E-state index < -0.39 is 0 Å². The molecule has 0 atom stereocenters. The molecule has 0 aromatic rings. The van der Waals surface area contributed by atoms with E-state index in [4.69, 9.17) is 4.74 Å². The Bertz CT molecular complexity index is 162. The maximum absolute atomic E-state index is 6.12. The summed E-state index contributed by atoms with van der Waals surface area (Å²) in [5.74, 6) is 0.805. The van der Waals surface area contributed by atoms with Crippen LogP contribution in [0.25, 0.3) is 0 Å². The van der Waals surface area contributed by atoms with Gasteiger partial charge in [-0.3, -0.25) is 0 Å². The molecule has 0 aromatic carbocycles. The Labute approximate surface area is 103 Å². The highest BCUT2D eigenvalue weighted by Gasteiger charge is 2.31. The molecule has 0 aliphatic heterocycles. The number of hydrogen-bond acceptors (Lipinski definition) is 1. The van der Waals surface area contributed by atoms with Gasteiger partial charge in [-0.1, -0.05) is 49.0 Å². The fourth-order valence-electron chi connectivity index (χ4n) is 2.29. The normalized spacial score (nSPS) is 20.8. The van der Waals surface area contributed by atoms with Gasteiger partial charge in [0.2, 0.25) is 0 Å². The van der Waals surface area contributed by atoms with E-state index in [0.29, 0.717) is 0 Å². The molecule has 0 unspecified atom stereocenters. The van der Waals surface area contributed by atoms with Gasteiger partial charge in [-0.15, -0.1) is 0 Å². The molecule has 0 heterocycles. The van der Waals surface area contributed by atoms with Crippen LogP contribution in [0.3, 0.4) is 0 Å². The van der Waals surface area contributed by atoms with Crippen molar-refractivity contribution in [3.8, 4) is 0 Å². The SMILES string of the molecule is CC(C)CCCOC1(CBr)CCCCC1. The molecule has 1 fully saturated rings. The van der Waals surface area contributed by atoms with Crippen LogP contribution in [-0.4, -0.2) is 17.5 Å². The third-order valence-corrected chi connectivity index (χ3v) is 4.36. The van der Waals surface area contributed by atoms with Crippen LogP contribution in [0, 0.1) is 5.92 Å². The fraction of sp³-hybridized carbons (Fsp3) is 1.00. The van der Waals surface area contributed by atoms with Crippen LogP contribution in [0.4, 0.5) is 0 Å². The predicted molar refractivity (Wildman–Crippen MR) is 69.6 cm³/mol. The molecule has 0 N–H and O–H groups in total. The molecule has 0 aromatic heterocycles. The highest BCUT2D eigenvalue weighted by atomic mass is 79.9. The number of halogens is 1. The van der Waals surface area contributed by atoms with E-state index in [9.17, 15) is 0 Å². The van der Waals surface area contributed by atoms with Gasteiger partial charge < -0.3 is 4.74 Å². The maximum Gasteiger partial charge on any atom is 0.0778 e. The smallest absolute Gasteiger partial charge is 0.0778 e. The lowest BCUT2D eigenvalue weighted by Gasteiger charge is -2.35. The number of hydrogen-bond donors (Lipinski definition) is 0. The molecule has 0 saturated heterocycles. The van der Waals surface area contributed by atoms with E-state index in [1.807, 2.05) is 0 Å². The Kier molecular flexibility index (Phi) is 6.21.